The fourth-order valence-corrected chi connectivity index (χ4v) is 5.73. The van der Waals surface area contributed by atoms with Gasteiger partial charge in [0.15, 0.2) is 18.1 Å². The van der Waals surface area contributed by atoms with Crippen LogP contribution >= 0.6 is 22.6 Å². The molecule has 1 aliphatic carbocycles. The van der Waals surface area contributed by atoms with Crippen molar-refractivity contribution in [3.8, 4) is 11.5 Å². The van der Waals surface area contributed by atoms with Gasteiger partial charge in [-0.1, -0.05) is 12.1 Å². The first-order valence-corrected chi connectivity index (χ1v) is 11.8. The summed E-state index contributed by atoms with van der Waals surface area (Å²) in [6, 6.07) is 11.3. The molecule has 10 heteroatoms. The molecule has 30 heavy (non-hydrogen) atoms. The number of fused-ring (bicyclic) bond motifs is 3. The molecule has 4 atom stereocenters. The fourth-order valence-electron chi connectivity index (χ4n) is 4.08. The molecule has 4 unspecified atom stereocenters. The number of hydrogen-bond acceptors (Lipinski definition) is 6. The van der Waals surface area contributed by atoms with Crippen LogP contribution in [0.3, 0.4) is 0 Å². The molecule has 0 bridgehead atoms. The van der Waals surface area contributed by atoms with Gasteiger partial charge in [0.1, 0.15) is 6.10 Å². The maximum atomic E-state index is 13.0. The second-order valence-electron chi connectivity index (χ2n) is 7.15. The molecule has 0 amide bonds. The number of aliphatic carboxylic acids is 1. The number of para-hydroxylation sites is 1. The van der Waals surface area contributed by atoms with Gasteiger partial charge in [-0.15, -0.1) is 0 Å². The third kappa shape index (κ3) is 4.01. The van der Waals surface area contributed by atoms with Crippen LogP contribution in [0.5, 0.6) is 11.5 Å². The molecular formula is C20H20INO7S. The Hall–Kier alpha value is -1.89. The highest BCUT2D eigenvalue weighted by Crippen LogP contribution is 2.51. The first kappa shape index (κ1) is 21.3. The summed E-state index contributed by atoms with van der Waals surface area (Å²) in [5.41, 5.74) is 0.776. The average Bonchev–Trinajstić information content (AvgIpc) is 3.23. The van der Waals surface area contributed by atoms with E-state index in [4.69, 9.17) is 19.3 Å². The number of hydrogen-bond donors (Lipinski definition) is 2. The van der Waals surface area contributed by atoms with E-state index < -0.39 is 28.6 Å². The molecular weight excluding hydrogens is 525 g/mol. The van der Waals surface area contributed by atoms with Gasteiger partial charge in [0, 0.05) is 28.6 Å². The van der Waals surface area contributed by atoms with Crippen LogP contribution in [-0.2, 0) is 19.6 Å². The van der Waals surface area contributed by atoms with Gasteiger partial charge in [0.2, 0.25) is 10.0 Å². The number of sulfonamides is 1. The van der Waals surface area contributed by atoms with Gasteiger partial charge in [-0.2, -0.15) is 0 Å². The summed E-state index contributed by atoms with van der Waals surface area (Å²) in [5, 5.41) is 8.89. The Labute approximate surface area is 187 Å². The second kappa shape index (κ2) is 8.33. The number of carboxylic acids is 1. The van der Waals surface area contributed by atoms with Crippen molar-refractivity contribution in [1.29, 1.82) is 0 Å². The van der Waals surface area contributed by atoms with E-state index >= 15 is 0 Å². The predicted molar refractivity (Wildman–Crippen MR) is 115 cm³/mol. The van der Waals surface area contributed by atoms with Crippen LogP contribution in [0.4, 0.5) is 0 Å². The molecule has 4 rings (SSSR count). The summed E-state index contributed by atoms with van der Waals surface area (Å²) in [4.78, 5) is 11.0. The normalized spacial score (nSPS) is 24.7. The third-order valence-corrected chi connectivity index (χ3v) is 7.55. The van der Waals surface area contributed by atoms with Gasteiger partial charge in [-0.05, 0) is 52.9 Å². The quantitative estimate of drug-likeness (QED) is 0.514. The molecule has 1 saturated carbocycles. The highest BCUT2D eigenvalue weighted by Gasteiger charge is 2.52. The van der Waals surface area contributed by atoms with Crippen molar-refractivity contribution in [2.75, 3.05) is 13.7 Å². The number of rotatable bonds is 7. The highest BCUT2D eigenvalue weighted by atomic mass is 127. The number of methoxy groups -OCH3 is 1. The summed E-state index contributed by atoms with van der Waals surface area (Å²) >= 11 is 2.12. The van der Waals surface area contributed by atoms with E-state index in [0.29, 0.717) is 17.9 Å². The number of carbonyl (C=O) groups is 1. The maximum Gasteiger partial charge on any atom is 0.341 e. The number of ether oxygens (including phenoxy) is 3. The molecule has 8 nitrogen and oxygen atoms in total. The molecule has 2 N–H and O–H groups in total. The number of carboxylic acid groups (broad SMARTS) is 1. The number of halogens is 1. The van der Waals surface area contributed by atoms with Crippen LogP contribution in [0, 0.1) is 3.57 Å². The zero-order valence-corrected chi connectivity index (χ0v) is 18.9. The molecule has 0 saturated heterocycles. The van der Waals surface area contributed by atoms with E-state index in [0.717, 1.165) is 9.13 Å². The van der Waals surface area contributed by atoms with Gasteiger partial charge >= 0.3 is 5.97 Å². The minimum absolute atomic E-state index is 0.180. The van der Waals surface area contributed by atoms with Crippen molar-refractivity contribution in [1.82, 2.24) is 4.72 Å². The SMILES string of the molecule is COC1CC2Oc3c(OCC(=O)O)cccc3C2C1NS(=O)(=O)c1ccc(I)cc1. The van der Waals surface area contributed by atoms with Crippen molar-refractivity contribution in [3.63, 3.8) is 0 Å². The van der Waals surface area contributed by atoms with Gasteiger partial charge < -0.3 is 19.3 Å². The third-order valence-electron chi connectivity index (χ3n) is 5.36. The minimum atomic E-state index is -3.77. The number of benzene rings is 2. The van der Waals surface area contributed by atoms with Crippen LogP contribution < -0.4 is 14.2 Å². The average molecular weight is 545 g/mol. The van der Waals surface area contributed by atoms with E-state index in [1.54, 1.807) is 43.5 Å². The summed E-state index contributed by atoms with van der Waals surface area (Å²) in [5.74, 6) is -0.579. The molecule has 2 aliphatic rings. The summed E-state index contributed by atoms with van der Waals surface area (Å²) in [7, 11) is -2.23. The Morgan fingerprint density at radius 1 is 1.27 bits per heavy atom. The Bertz CT molecular complexity index is 1060. The van der Waals surface area contributed by atoms with Crippen molar-refractivity contribution >= 4 is 38.6 Å². The molecule has 2 aromatic carbocycles. The molecule has 1 aliphatic heterocycles. The van der Waals surface area contributed by atoms with E-state index in [9.17, 15) is 13.2 Å². The molecule has 0 radical (unpaired) electrons. The lowest BCUT2D eigenvalue weighted by Crippen LogP contribution is -2.44. The highest BCUT2D eigenvalue weighted by molar-refractivity contribution is 14.1. The monoisotopic (exact) mass is 545 g/mol. The minimum Gasteiger partial charge on any atom is -0.485 e. The topological polar surface area (TPSA) is 111 Å². The Balaban J connectivity index is 1.65. The van der Waals surface area contributed by atoms with E-state index in [2.05, 4.69) is 27.3 Å². The molecule has 1 heterocycles. The van der Waals surface area contributed by atoms with Gasteiger partial charge in [-0.25, -0.2) is 17.9 Å². The Morgan fingerprint density at radius 3 is 2.67 bits per heavy atom. The van der Waals surface area contributed by atoms with Crippen molar-refractivity contribution in [2.45, 2.75) is 35.5 Å². The Kier molecular flexibility index (Phi) is 5.93. The second-order valence-corrected chi connectivity index (χ2v) is 10.1. The largest absolute Gasteiger partial charge is 0.485 e. The first-order chi connectivity index (χ1) is 14.3. The molecule has 160 valence electrons. The number of nitrogens with one attached hydrogen (secondary N) is 1. The van der Waals surface area contributed by atoms with Gasteiger partial charge in [-0.3, -0.25) is 0 Å². The standard InChI is InChI=1S/C20H20INO7S/c1-27-16-9-15-18(13-3-2-4-14(20(13)29-15)28-10-17(23)24)19(16)22-30(25,26)12-7-5-11(21)6-8-12/h2-8,15-16,18-19,22H,9-10H2,1H3,(H,23,24). The van der Waals surface area contributed by atoms with E-state index in [-0.39, 0.29) is 23.0 Å². The summed E-state index contributed by atoms with van der Waals surface area (Å²) < 4.78 is 46.7. The van der Waals surface area contributed by atoms with Crippen LogP contribution in [0.15, 0.2) is 47.4 Å². The molecule has 0 aromatic heterocycles. The molecule has 0 spiro atoms. The van der Waals surface area contributed by atoms with Crippen molar-refractivity contribution in [2.24, 2.45) is 0 Å². The lowest BCUT2D eigenvalue weighted by Gasteiger charge is -2.24. The molecule has 1 fully saturated rings. The summed E-state index contributed by atoms with van der Waals surface area (Å²) in [6.45, 7) is -0.487. The maximum absolute atomic E-state index is 13.0. The predicted octanol–water partition coefficient (Wildman–Crippen LogP) is 2.37. The van der Waals surface area contributed by atoms with Crippen LogP contribution in [-0.4, -0.2) is 51.5 Å². The fraction of sp³-hybridized carbons (Fsp3) is 0.350. The zero-order valence-electron chi connectivity index (χ0n) is 15.9. The van der Waals surface area contributed by atoms with Gasteiger partial charge in [0.25, 0.3) is 0 Å². The summed E-state index contributed by atoms with van der Waals surface area (Å²) in [6.07, 6.45) is -0.173. The lowest BCUT2D eigenvalue weighted by atomic mass is 9.94. The van der Waals surface area contributed by atoms with E-state index in [1.807, 2.05) is 6.07 Å². The first-order valence-electron chi connectivity index (χ1n) is 9.25. The lowest BCUT2D eigenvalue weighted by molar-refractivity contribution is -0.139. The molecule has 2 aromatic rings. The zero-order chi connectivity index (χ0) is 21.5. The van der Waals surface area contributed by atoms with Crippen molar-refractivity contribution < 1.29 is 32.5 Å². The van der Waals surface area contributed by atoms with Crippen LogP contribution in [0.25, 0.3) is 0 Å². The van der Waals surface area contributed by atoms with Gasteiger partial charge in [0.05, 0.1) is 17.0 Å². The van der Waals surface area contributed by atoms with Crippen LogP contribution in [0.2, 0.25) is 0 Å². The van der Waals surface area contributed by atoms with Crippen LogP contribution in [0.1, 0.15) is 17.9 Å². The Morgan fingerprint density at radius 2 is 2.00 bits per heavy atom. The van der Waals surface area contributed by atoms with E-state index in [1.165, 1.54) is 0 Å². The smallest absolute Gasteiger partial charge is 0.341 e. The van der Waals surface area contributed by atoms with Crippen molar-refractivity contribution in [3.05, 3.63) is 51.6 Å².